The summed E-state index contributed by atoms with van der Waals surface area (Å²) in [6, 6.07) is 5.23. The summed E-state index contributed by atoms with van der Waals surface area (Å²) in [5.74, 6) is 0.0351. The van der Waals surface area contributed by atoms with E-state index in [1.54, 1.807) is 13.0 Å². The zero-order chi connectivity index (χ0) is 16.3. The maximum Gasteiger partial charge on any atom is 0.241 e. The van der Waals surface area contributed by atoms with Gasteiger partial charge in [0.25, 0.3) is 0 Å². The summed E-state index contributed by atoms with van der Waals surface area (Å²) < 4.78 is 0. The van der Waals surface area contributed by atoms with Crippen molar-refractivity contribution in [2.24, 2.45) is 0 Å². The van der Waals surface area contributed by atoms with E-state index in [4.69, 9.17) is 11.6 Å². The van der Waals surface area contributed by atoms with Gasteiger partial charge in [0.15, 0.2) is 0 Å². The Hall–Kier alpha value is -1.59. The van der Waals surface area contributed by atoms with Crippen molar-refractivity contribution in [1.82, 2.24) is 9.80 Å². The molecule has 5 nitrogen and oxygen atoms in total. The molecule has 2 rings (SSSR count). The van der Waals surface area contributed by atoms with Gasteiger partial charge in [0, 0.05) is 43.8 Å². The van der Waals surface area contributed by atoms with Crippen molar-refractivity contribution in [2.75, 3.05) is 31.5 Å². The topological polar surface area (TPSA) is 52.7 Å². The van der Waals surface area contributed by atoms with Crippen LogP contribution in [0.5, 0.6) is 0 Å². The molecular weight excluding hydrogens is 302 g/mol. The van der Waals surface area contributed by atoms with Crippen LogP contribution in [0.2, 0.25) is 5.02 Å². The van der Waals surface area contributed by atoms with Crippen molar-refractivity contribution in [2.45, 2.75) is 26.8 Å². The molecule has 2 amide bonds. The molecule has 0 unspecified atom stereocenters. The Labute approximate surface area is 136 Å². The summed E-state index contributed by atoms with van der Waals surface area (Å²) >= 11 is 6.07. The zero-order valence-electron chi connectivity index (χ0n) is 13.2. The summed E-state index contributed by atoms with van der Waals surface area (Å²) in [4.78, 5) is 27.6. The summed E-state index contributed by atoms with van der Waals surface area (Å²) in [5.41, 5.74) is 1.61. The number of amides is 2. The van der Waals surface area contributed by atoms with Crippen LogP contribution in [0.15, 0.2) is 18.2 Å². The van der Waals surface area contributed by atoms with Crippen LogP contribution in [-0.4, -0.2) is 53.8 Å². The molecule has 0 spiro atoms. The minimum Gasteiger partial charge on any atom is -0.340 e. The quantitative estimate of drug-likeness (QED) is 0.927. The second-order valence-corrected chi connectivity index (χ2v) is 6.03. The molecule has 1 atom stereocenters. The number of piperazine rings is 1. The highest BCUT2D eigenvalue weighted by atomic mass is 35.5. The average molecular weight is 324 g/mol. The molecule has 1 heterocycles. The summed E-state index contributed by atoms with van der Waals surface area (Å²) in [6.45, 7) is 8.11. The van der Waals surface area contributed by atoms with E-state index in [0.29, 0.717) is 31.2 Å². The van der Waals surface area contributed by atoms with E-state index in [2.05, 4.69) is 10.2 Å². The van der Waals surface area contributed by atoms with Gasteiger partial charge in [0.1, 0.15) is 0 Å². The number of anilines is 1. The lowest BCUT2D eigenvalue weighted by atomic mass is 10.1. The van der Waals surface area contributed by atoms with Crippen molar-refractivity contribution in [3.63, 3.8) is 0 Å². The average Bonchev–Trinajstić information content (AvgIpc) is 2.51. The van der Waals surface area contributed by atoms with E-state index in [9.17, 15) is 9.59 Å². The van der Waals surface area contributed by atoms with Crippen LogP contribution in [0.3, 0.4) is 0 Å². The van der Waals surface area contributed by atoms with Gasteiger partial charge in [-0.2, -0.15) is 0 Å². The van der Waals surface area contributed by atoms with Gasteiger partial charge in [-0.1, -0.05) is 17.7 Å². The molecule has 1 aliphatic rings. The third kappa shape index (κ3) is 3.78. The number of hydrogen-bond donors (Lipinski definition) is 1. The molecule has 0 saturated carbocycles. The highest BCUT2D eigenvalue weighted by Gasteiger charge is 2.26. The molecule has 0 aliphatic carbocycles. The molecule has 1 saturated heterocycles. The van der Waals surface area contributed by atoms with Crippen molar-refractivity contribution in [3.05, 3.63) is 28.8 Å². The number of hydrogen-bond acceptors (Lipinski definition) is 3. The molecule has 0 aromatic heterocycles. The normalized spacial score (nSPS) is 17.2. The van der Waals surface area contributed by atoms with E-state index in [1.165, 1.54) is 0 Å². The minimum absolute atomic E-state index is 0.0540. The summed E-state index contributed by atoms with van der Waals surface area (Å²) in [6.07, 6.45) is 0. The number of carbonyl (C=O) groups is 2. The number of nitrogens with one attached hydrogen (secondary N) is 1. The lowest BCUT2D eigenvalue weighted by Crippen LogP contribution is -2.53. The SMILES string of the molecule is CC(=O)N1CCN([C@H](C)C(=O)Nc2cccc(Cl)c2C)CC1. The van der Waals surface area contributed by atoms with E-state index < -0.39 is 0 Å². The molecule has 22 heavy (non-hydrogen) atoms. The van der Waals surface area contributed by atoms with Crippen LogP contribution in [0.1, 0.15) is 19.4 Å². The second kappa shape index (κ2) is 7.11. The Kier molecular flexibility index (Phi) is 5.42. The van der Waals surface area contributed by atoms with Gasteiger partial charge in [0.05, 0.1) is 6.04 Å². The summed E-state index contributed by atoms with van der Waals surface area (Å²) in [7, 11) is 0. The number of nitrogens with zero attached hydrogens (tertiary/aromatic N) is 2. The highest BCUT2D eigenvalue weighted by molar-refractivity contribution is 6.31. The summed E-state index contributed by atoms with van der Waals surface area (Å²) in [5, 5.41) is 3.58. The van der Waals surface area contributed by atoms with Crippen LogP contribution in [0.4, 0.5) is 5.69 Å². The number of rotatable bonds is 3. The van der Waals surface area contributed by atoms with Gasteiger partial charge in [-0.15, -0.1) is 0 Å². The largest absolute Gasteiger partial charge is 0.340 e. The minimum atomic E-state index is -0.243. The maximum atomic E-state index is 12.4. The number of benzene rings is 1. The van der Waals surface area contributed by atoms with Crippen molar-refractivity contribution >= 4 is 29.1 Å². The van der Waals surface area contributed by atoms with Gasteiger partial charge in [-0.25, -0.2) is 0 Å². The first-order chi connectivity index (χ1) is 10.4. The molecule has 1 aromatic carbocycles. The van der Waals surface area contributed by atoms with E-state index in [0.717, 1.165) is 11.3 Å². The Morgan fingerprint density at radius 3 is 2.45 bits per heavy atom. The van der Waals surface area contributed by atoms with E-state index in [1.807, 2.05) is 30.9 Å². The first-order valence-corrected chi connectivity index (χ1v) is 7.83. The van der Waals surface area contributed by atoms with Crippen molar-refractivity contribution in [3.8, 4) is 0 Å². The molecule has 6 heteroatoms. The molecular formula is C16H22ClN3O2. The molecule has 1 N–H and O–H groups in total. The van der Waals surface area contributed by atoms with Crippen LogP contribution < -0.4 is 5.32 Å². The fourth-order valence-corrected chi connectivity index (χ4v) is 2.74. The van der Waals surface area contributed by atoms with E-state index in [-0.39, 0.29) is 17.9 Å². The number of halogens is 1. The van der Waals surface area contributed by atoms with Crippen LogP contribution in [0, 0.1) is 6.92 Å². The monoisotopic (exact) mass is 323 g/mol. The van der Waals surface area contributed by atoms with Gasteiger partial charge < -0.3 is 10.2 Å². The second-order valence-electron chi connectivity index (χ2n) is 5.62. The van der Waals surface area contributed by atoms with Crippen molar-refractivity contribution < 1.29 is 9.59 Å². The molecule has 0 radical (unpaired) electrons. The molecule has 1 aliphatic heterocycles. The highest BCUT2D eigenvalue weighted by Crippen LogP contribution is 2.23. The predicted molar refractivity (Wildman–Crippen MR) is 88.1 cm³/mol. The fourth-order valence-electron chi connectivity index (χ4n) is 2.57. The third-order valence-electron chi connectivity index (χ3n) is 4.21. The van der Waals surface area contributed by atoms with Crippen molar-refractivity contribution in [1.29, 1.82) is 0 Å². The molecule has 120 valence electrons. The van der Waals surface area contributed by atoms with Crippen LogP contribution >= 0.6 is 11.6 Å². The Morgan fingerprint density at radius 1 is 1.23 bits per heavy atom. The van der Waals surface area contributed by atoms with Gasteiger partial charge >= 0.3 is 0 Å². The predicted octanol–water partition coefficient (Wildman–Crippen LogP) is 2.14. The Balaban J connectivity index is 1.95. The van der Waals surface area contributed by atoms with Gasteiger partial charge in [-0.3, -0.25) is 14.5 Å². The van der Waals surface area contributed by atoms with Crippen LogP contribution in [-0.2, 0) is 9.59 Å². The third-order valence-corrected chi connectivity index (χ3v) is 4.62. The first kappa shape index (κ1) is 16.8. The smallest absolute Gasteiger partial charge is 0.241 e. The molecule has 1 aromatic rings. The van der Waals surface area contributed by atoms with Crippen LogP contribution in [0.25, 0.3) is 0 Å². The zero-order valence-corrected chi connectivity index (χ0v) is 14.0. The van der Waals surface area contributed by atoms with Gasteiger partial charge in [0.2, 0.25) is 11.8 Å². The first-order valence-electron chi connectivity index (χ1n) is 7.45. The Morgan fingerprint density at radius 2 is 1.86 bits per heavy atom. The van der Waals surface area contributed by atoms with Gasteiger partial charge in [-0.05, 0) is 31.5 Å². The lowest BCUT2D eigenvalue weighted by Gasteiger charge is -2.37. The maximum absolute atomic E-state index is 12.4. The Bertz CT molecular complexity index is 569. The van der Waals surface area contributed by atoms with E-state index >= 15 is 0 Å². The fraction of sp³-hybridized carbons (Fsp3) is 0.500. The molecule has 1 fully saturated rings. The lowest BCUT2D eigenvalue weighted by molar-refractivity contribution is -0.131. The molecule has 0 bridgehead atoms. The standard InChI is InChI=1S/C16H22ClN3O2/c1-11-14(17)5-4-6-15(11)18-16(22)12(2)19-7-9-20(10-8-19)13(3)21/h4-6,12H,7-10H2,1-3H3,(H,18,22)/t12-/m1/s1. The number of carbonyl (C=O) groups excluding carboxylic acids is 2.